The number of nitrogens with zero attached hydrogens (tertiary/aromatic N) is 1. The monoisotopic (exact) mass is 223 g/mol. The zero-order valence-electron chi connectivity index (χ0n) is 11.2. The third-order valence-electron chi connectivity index (χ3n) is 5.65. The number of carbonyl (C=O) groups is 1. The van der Waals surface area contributed by atoms with Crippen molar-refractivity contribution in [3.05, 3.63) is 0 Å². The second kappa shape index (κ2) is 3.75. The fraction of sp³-hybridized carbons (Fsp3) is 0.929. The molecule has 0 saturated heterocycles. The van der Waals surface area contributed by atoms with Crippen LogP contribution in [0.5, 0.6) is 0 Å². The molecular formula is C14H25NO. The smallest absolute Gasteiger partial charge is 0.222 e. The zero-order chi connectivity index (χ0) is 12.0. The zero-order valence-corrected chi connectivity index (χ0v) is 11.2. The first-order valence-corrected chi connectivity index (χ1v) is 6.59. The second-order valence-electron chi connectivity index (χ2n) is 6.56. The SMILES string of the molecule is CN(C)C(=O)CCC12CCC(CC1)C2(C)C. The van der Waals surface area contributed by atoms with Crippen LogP contribution in [0.4, 0.5) is 0 Å². The van der Waals surface area contributed by atoms with Gasteiger partial charge in [-0.25, -0.2) is 0 Å². The van der Waals surface area contributed by atoms with E-state index in [0.29, 0.717) is 16.7 Å². The molecule has 0 aliphatic heterocycles. The van der Waals surface area contributed by atoms with Crippen molar-refractivity contribution in [3.63, 3.8) is 0 Å². The molecule has 16 heavy (non-hydrogen) atoms. The molecule has 0 atom stereocenters. The lowest BCUT2D eigenvalue weighted by atomic mass is 9.67. The van der Waals surface area contributed by atoms with Crippen LogP contribution < -0.4 is 0 Å². The highest BCUT2D eigenvalue weighted by molar-refractivity contribution is 5.75. The van der Waals surface area contributed by atoms with Gasteiger partial charge in [0.05, 0.1) is 0 Å². The van der Waals surface area contributed by atoms with Crippen molar-refractivity contribution < 1.29 is 4.79 Å². The molecule has 0 N–H and O–H groups in total. The van der Waals surface area contributed by atoms with Crippen LogP contribution in [0.25, 0.3) is 0 Å². The minimum Gasteiger partial charge on any atom is -0.349 e. The Labute approximate surface area is 99.4 Å². The highest BCUT2D eigenvalue weighted by Gasteiger charge is 2.58. The number of fused-ring (bicyclic) bond motifs is 2. The molecule has 2 aliphatic carbocycles. The maximum Gasteiger partial charge on any atom is 0.222 e. The Morgan fingerprint density at radius 1 is 1.25 bits per heavy atom. The molecular weight excluding hydrogens is 198 g/mol. The average Bonchev–Trinajstić information content (AvgIpc) is 2.62. The van der Waals surface area contributed by atoms with E-state index in [-0.39, 0.29) is 0 Å². The summed E-state index contributed by atoms with van der Waals surface area (Å²) in [6.45, 7) is 4.86. The highest BCUT2D eigenvalue weighted by Crippen LogP contribution is 2.67. The number of hydrogen-bond donors (Lipinski definition) is 0. The first-order valence-electron chi connectivity index (χ1n) is 6.59. The van der Waals surface area contributed by atoms with Gasteiger partial charge >= 0.3 is 0 Å². The summed E-state index contributed by atoms with van der Waals surface area (Å²) in [6, 6.07) is 0. The van der Waals surface area contributed by atoms with Gasteiger partial charge in [-0.3, -0.25) is 4.79 Å². The summed E-state index contributed by atoms with van der Waals surface area (Å²) in [6.07, 6.45) is 7.33. The van der Waals surface area contributed by atoms with E-state index in [4.69, 9.17) is 0 Å². The first kappa shape index (κ1) is 11.9. The molecule has 1 amide bonds. The average molecular weight is 223 g/mol. The molecule has 2 aliphatic rings. The van der Waals surface area contributed by atoms with Crippen molar-refractivity contribution in [2.75, 3.05) is 14.1 Å². The van der Waals surface area contributed by atoms with E-state index in [0.717, 1.165) is 18.8 Å². The molecule has 0 radical (unpaired) electrons. The van der Waals surface area contributed by atoms with E-state index >= 15 is 0 Å². The Bertz CT molecular complexity index is 285. The van der Waals surface area contributed by atoms with E-state index in [1.54, 1.807) is 4.90 Å². The molecule has 0 aromatic rings. The van der Waals surface area contributed by atoms with Gasteiger partial charge in [0, 0.05) is 20.5 Å². The van der Waals surface area contributed by atoms with Crippen molar-refractivity contribution in [1.29, 1.82) is 0 Å². The standard InChI is InChI=1S/C14H25NO/c1-13(2)11-5-8-14(13,9-6-11)10-7-12(16)15(3)4/h11H,5-10H2,1-4H3. The van der Waals surface area contributed by atoms with Gasteiger partial charge in [0.25, 0.3) is 0 Å². The van der Waals surface area contributed by atoms with E-state index in [9.17, 15) is 4.79 Å². The third kappa shape index (κ3) is 1.57. The van der Waals surface area contributed by atoms with Crippen LogP contribution in [0.2, 0.25) is 0 Å². The van der Waals surface area contributed by atoms with Gasteiger partial charge in [-0.1, -0.05) is 13.8 Å². The Balaban J connectivity index is 2.01. The topological polar surface area (TPSA) is 20.3 Å². The maximum atomic E-state index is 11.7. The summed E-state index contributed by atoms with van der Waals surface area (Å²) in [5.41, 5.74) is 0.947. The molecule has 92 valence electrons. The molecule has 2 rings (SSSR count). The highest BCUT2D eigenvalue weighted by atomic mass is 16.2. The van der Waals surface area contributed by atoms with Gasteiger partial charge < -0.3 is 4.90 Å². The minimum atomic E-state index is 0.292. The van der Waals surface area contributed by atoms with Crippen LogP contribution in [0, 0.1) is 16.7 Å². The lowest BCUT2D eigenvalue weighted by Gasteiger charge is -2.38. The van der Waals surface area contributed by atoms with Crippen LogP contribution in [-0.2, 0) is 4.79 Å². The quantitative estimate of drug-likeness (QED) is 0.720. The fourth-order valence-electron chi connectivity index (χ4n) is 4.11. The summed E-state index contributed by atoms with van der Waals surface area (Å²) in [5.74, 6) is 1.21. The van der Waals surface area contributed by atoms with Crippen molar-refractivity contribution in [2.24, 2.45) is 16.7 Å². The molecule has 0 unspecified atom stereocenters. The summed E-state index contributed by atoms with van der Waals surface area (Å²) in [7, 11) is 3.72. The summed E-state index contributed by atoms with van der Waals surface area (Å²) in [5, 5.41) is 0. The Kier molecular flexibility index (Phi) is 2.80. The number of amides is 1. The van der Waals surface area contributed by atoms with Gasteiger partial charge in [-0.2, -0.15) is 0 Å². The molecule has 2 saturated carbocycles. The lowest BCUT2D eigenvalue weighted by molar-refractivity contribution is -0.129. The molecule has 2 fully saturated rings. The summed E-state index contributed by atoms with van der Waals surface area (Å²) >= 11 is 0. The number of carbonyl (C=O) groups excluding carboxylic acids is 1. The Morgan fingerprint density at radius 2 is 1.81 bits per heavy atom. The normalized spacial score (nSPS) is 35.4. The van der Waals surface area contributed by atoms with Crippen molar-refractivity contribution in [1.82, 2.24) is 4.90 Å². The second-order valence-corrected chi connectivity index (χ2v) is 6.56. The van der Waals surface area contributed by atoms with Gasteiger partial charge in [0.2, 0.25) is 5.91 Å². The molecule has 0 aromatic heterocycles. The predicted octanol–water partition coefficient (Wildman–Crippen LogP) is 3.07. The predicted molar refractivity (Wildman–Crippen MR) is 66.1 cm³/mol. The van der Waals surface area contributed by atoms with Crippen LogP contribution in [-0.4, -0.2) is 24.9 Å². The minimum absolute atomic E-state index is 0.292. The maximum absolute atomic E-state index is 11.7. The van der Waals surface area contributed by atoms with Crippen LogP contribution in [0.1, 0.15) is 52.4 Å². The van der Waals surface area contributed by atoms with E-state index in [1.165, 1.54) is 25.7 Å². The summed E-state index contributed by atoms with van der Waals surface area (Å²) in [4.78, 5) is 13.4. The van der Waals surface area contributed by atoms with Gasteiger partial charge in [0.1, 0.15) is 0 Å². The van der Waals surface area contributed by atoms with Crippen molar-refractivity contribution in [3.8, 4) is 0 Å². The number of hydrogen-bond acceptors (Lipinski definition) is 1. The van der Waals surface area contributed by atoms with Crippen LogP contribution >= 0.6 is 0 Å². The van der Waals surface area contributed by atoms with Crippen LogP contribution in [0.15, 0.2) is 0 Å². The molecule has 0 aromatic carbocycles. The Hall–Kier alpha value is -0.530. The van der Waals surface area contributed by atoms with Crippen molar-refractivity contribution >= 4 is 5.91 Å². The van der Waals surface area contributed by atoms with Crippen molar-refractivity contribution in [2.45, 2.75) is 52.4 Å². The van der Waals surface area contributed by atoms with Crippen LogP contribution in [0.3, 0.4) is 0 Å². The van der Waals surface area contributed by atoms with Gasteiger partial charge in [-0.05, 0) is 48.9 Å². The number of rotatable bonds is 3. The van der Waals surface area contributed by atoms with E-state index in [2.05, 4.69) is 13.8 Å². The largest absolute Gasteiger partial charge is 0.349 e. The lowest BCUT2D eigenvalue weighted by Crippen LogP contribution is -2.32. The fourth-order valence-corrected chi connectivity index (χ4v) is 4.11. The molecule has 0 spiro atoms. The molecule has 2 heteroatoms. The Morgan fingerprint density at radius 3 is 2.19 bits per heavy atom. The molecule has 2 bridgehead atoms. The third-order valence-corrected chi connectivity index (χ3v) is 5.65. The summed E-state index contributed by atoms with van der Waals surface area (Å²) < 4.78 is 0. The molecule has 2 nitrogen and oxygen atoms in total. The molecule has 0 heterocycles. The van der Waals surface area contributed by atoms with E-state index < -0.39 is 0 Å². The first-order chi connectivity index (χ1) is 7.39. The van der Waals surface area contributed by atoms with Gasteiger partial charge in [-0.15, -0.1) is 0 Å². The van der Waals surface area contributed by atoms with Gasteiger partial charge in [0.15, 0.2) is 0 Å². The van der Waals surface area contributed by atoms with E-state index in [1.807, 2.05) is 14.1 Å².